The Bertz CT molecular complexity index is 541. The van der Waals surface area contributed by atoms with Gasteiger partial charge in [0.25, 0.3) is 5.78 Å². The van der Waals surface area contributed by atoms with Crippen molar-refractivity contribution in [3.63, 3.8) is 0 Å². The lowest BCUT2D eigenvalue weighted by molar-refractivity contribution is -0.169. The van der Waals surface area contributed by atoms with Gasteiger partial charge in [0.2, 0.25) is 0 Å². The molecule has 0 radical (unpaired) electrons. The van der Waals surface area contributed by atoms with Gasteiger partial charge in [-0.15, -0.1) is 11.6 Å². The van der Waals surface area contributed by atoms with Gasteiger partial charge in [-0.05, 0) is 12.1 Å². The molecule has 0 heterocycles. The summed E-state index contributed by atoms with van der Waals surface area (Å²) >= 11 is 10.2. The number of hydrogen-bond donors (Lipinski definition) is 0. The van der Waals surface area contributed by atoms with Gasteiger partial charge in [0.1, 0.15) is 11.6 Å². The fraction of sp³-hybridized carbons (Fsp3) is 0.200. The third-order valence-corrected chi connectivity index (χ3v) is 2.70. The van der Waals surface area contributed by atoms with Gasteiger partial charge in [0.05, 0.1) is 10.6 Å². The van der Waals surface area contributed by atoms with Crippen LogP contribution in [0, 0.1) is 11.6 Å². The number of hydrogen-bond acceptors (Lipinski definition) is 2. The van der Waals surface area contributed by atoms with Gasteiger partial charge in [-0.1, -0.05) is 11.6 Å². The molecule has 0 spiro atoms. The molecule has 0 aromatic heterocycles. The van der Waals surface area contributed by atoms with Crippen LogP contribution in [-0.4, -0.2) is 23.1 Å². The minimum atomic E-state index is -5.36. The van der Waals surface area contributed by atoms with Crippen LogP contribution in [0.1, 0.15) is 10.4 Å². The zero-order chi connectivity index (χ0) is 15.0. The van der Waals surface area contributed by atoms with Crippen molar-refractivity contribution >= 4 is 34.8 Å². The molecule has 1 rings (SSSR count). The van der Waals surface area contributed by atoms with E-state index in [1.165, 1.54) is 0 Å². The molecule has 0 saturated carbocycles. The van der Waals surface area contributed by atoms with Crippen molar-refractivity contribution in [2.45, 2.75) is 11.6 Å². The molecule has 0 aliphatic carbocycles. The molecule has 2 nitrogen and oxygen atoms in total. The number of halogens is 7. The van der Waals surface area contributed by atoms with Crippen LogP contribution in [0.4, 0.5) is 22.0 Å². The van der Waals surface area contributed by atoms with Crippen LogP contribution in [-0.2, 0) is 4.79 Å². The van der Waals surface area contributed by atoms with E-state index in [0.717, 1.165) is 0 Å². The molecule has 1 aromatic carbocycles. The molecule has 19 heavy (non-hydrogen) atoms. The molecule has 0 aliphatic rings. The summed E-state index contributed by atoms with van der Waals surface area (Å²) in [5.74, 6) is -6.86. The number of alkyl halides is 4. The average molecular weight is 321 g/mol. The first-order valence-electron chi connectivity index (χ1n) is 4.49. The van der Waals surface area contributed by atoms with Gasteiger partial charge in [0, 0.05) is 0 Å². The Hall–Kier alpha value is -1.21. The van der Waals surface area contributed by atoms with E-state index in [0.29, 0.717) is 6.07 Å². The molecule has 0 saturated heterocycles. The van der Waals surface area contributed by atoms with E-state index in [1.807, 2.05) is 0 Å². The van der Waals surface area contributed by atoms with E-state index in [4.69, 9.17) is 23.2 Å². The van der Waals surface area contributed by atoms with Crippen molar-refractivity contribution in [2.24, 2.45) is 0 Å². The molecule has 0 bridgehead atoms. The van der Waals surface area contributed by atoms with Gasteiger partial charge in [0.15, 0.2) is 11.2 Å². The Balaban J connectivity index is 3.15. The largest absolute Gasteiger partial charge is 0.452 e. The summed E-state index contributed by atoms with van der Waals surface area (Å²) in [5.41, 5.74) is -1.08. The topological polar surface area (TPSA) is 34.1 Å². The molecule has 0 N–H and O–H groups in total. The number of carbonyl (C=O) groups is 2. The molecular formula is C10H3Cl2F5O2. The van der Waals surface area contributed by atoms with Crippen molar-refractivity contribution in [3.8, 4) is 0 Å². The lowest BCUT2D eigenvalue weighted by Gasteiger charge is -2.11. The van der Waals surface area contributed by atoms with Crippen molar-refractivity contribution in [3.05, 3.63) is 34.4 Å². The van der Waals surface area contributed by atoms with E-state index in [1.54, 1.807) is 0 Å². The van der Waals surface area contributed by atoms with Crippen molar-refractivity contribution in [1.82, 2.24) is 0 Å². The second-order valence-corrected chi connectivity index (χ2v) is 4.18. The number of carbonyl (C=O) groups excluding carboxylic acids is 2. The average Bonchev–Trinajstić information content (AvgIpc) is 2.29. The number of Topliss-reactive ketones (excluding diaryl/α,β-unsaturated/α-hetero) is 2. The van der Waals surface area contributed by atoms with E-state index in [9.17, 15) is 31.5 Å². The Morgan fingerprint density at radius 3 is 2.11 bits per heavy atom. The van der Waals surface area contributed by atoms with E-state index in [2.05, 4.69) is 0 Å². The van der Waals surface area contributed by atoms with Crippen LogP contribution in [0.15, 0.2) is 12.1 Å². The molecule has 1 atom stereocenters. The lowest BCUT2D eigenvalue weighted by atomic mass is 10.0. The Kier molecular flexibility index (Phi) is 4.52. The normalized spacial score (nSPS) is 13.2. The summed E-state index contributed by atoms with van der Waals surface area (Å²) in [6.07, 6.45) is -5.36. The second-order valence-electron chi connectivity index (χ2n) is 3.33. The highest BCUT2D eigenvalue weighted by Crippen LogP contribution is 2.25. The second kappa shape index (κ2) is 5.42. The van der Waals surface area contributed by atoms with Gasteiger partial charge in [-0.2, -0.15) is 13.2 Å². The van der Waals surface area contributed by atoms with Crippen LogP contribution in [0.25, 0.3) is 0 Å². The van der Waals surface area contributed by atoms with Crippen LogP contribution < -0.4 is 0 Å². The Morgan fingerprint density at radius 2 is 1.63 bits per heavy atom. The van der Waals surface area contributed by atoms with Crippen molar-refractivity contribution in [2.75, 3.05) is 0 Å². The molecule has 9 heteroatoms. The highest BCUT2D eigenvalue weighted by atomic mass is 35.5. The quantitative estimate of drug-likeness (QED) is 0.281. The molecule has 1 aromatic rings. The maximum absolute atomic E-state index is 13.3. The van der Waals surface area contributed by atoms with Crippen LogP contribution in [0.2, 0.25) is 5.02 Å². The minimum absolute atomic E-state index is 0.277. The van der Waals surface area contributed by atoms with Crippen LogP contribution in [0.5, 0.6) is 0 Å². The number of rotatable bonds is 3. The Labute approximate surface area is 113 Å². The number of ketones is 2. The fourth-order valence-electron chi connectivity index (χ4n) is 1.11. The highest BCUT2D eigenvalue weighted by molar-refractivity contribution is 6.45. The third kappa shape index (κ3) is 3.42. The maximum atomic E-state index is 13.3. The first kappa shape index (κ1) is 15.8. The molecule has 0 amide bonds. The summed E-state index contributed by atoms with van der Waals surface area (Å²) in [4.78, 5) is 22.1. The standard InChI is InChI=1S/C10H3Cl2F5O2/c11-4-2-5(13)3(1-6(4)14)8(18)7(12)9(19)10(15,16)17/h1-2,7H. The Morgan fingerprint density at radius 1 is 1.11 bits per heavy atom. The molecule has 104 valence electrons. The summed E-state index contributed by atoms with van der Waals surface area (Å²) in [7, 11) is 0. The van der Waals surface area contributed by atoms with Gasteiger partial charge < -0.3 is 0 Å². The lowest BCUT2D eigenvalue weighted by Crippen LogP contribution is -2.36. The van der Waals surface area contributed by atoms with Crippen LogP contribution >= 0.6 is 23.2 Å². The van der Waals surface area contributed by atoms with Gasteiger partial charge in [-0.25, -0.2) is 8.78 Å². The monoisotopic (exact) mass is 320 g/mol. The smallest absolute Gasteiger partial charge is 0.292 e. The summed E-state index contributed by atoms with van der Waals surface area (Å²) in [6.45, 7) is 0. The van der Waals surface area contributed by atoms with E-state index < -0.39 is 45.3 Å². The first-order valence-corrected chi connectivity index (χ1v) is 5.31. The predicted octanol–water partition coefficient (Wildman–Crippen LogP) is 3.54. The summed E-state index contributed by atoms with van der Waals surface area (Å²) in [5, 5.41) is -3.35. The summed E-state index contributed by atoms with van der Waals surface area (Å²) in [6, 6.07) is 0.671. The fourth-order valence-corrected chi connectivity index (χ4v) is 1.50. The summed E-state index contributed by atoms with van der Waals surface area (Å²) < 4.78 is 62.4. The molecular weight excluding hydrogens is 318 g/mol. The molecule has 1 unspecified atom stereocenters. The van der Waals surface area contributed by atoms with E-state index in [-0.39, 0.29) is 6.07 Å². The van der Waals surface area contributed by atoms with Crippen LogP contribution in [0.3, 0.4) is 0 Å². The minimum Gasteiger partial charge on any atom is -0.292 e. The van der Waals surface area contributed by atoms with Crippen molar-refractivity contribution < 1.29 is 31.5 Å². The highest BCUT2D eigenvalue weighted by Gasteiger charge is 2.46. The number of benzene rings is 1. The zero-order valence-electron chi connectivity index (χ0n) is 8.69. The predicted molar refractivity (Wildman–Crippen MR) is 56.4 cm³/mol. The zero-order valence-corrected chi connectivity index (χ0v) is 10.2. The first-order chi connectivity index (χ1) is 8.55. The maximum Gasteiger partial charge on any atom is 0.452 e. The molecule has 0 aliphatic heterocycles. The SMILES string of the molecule is O=C(c1cc(F)c(Cl)cc1F)C(Cl)C(=O)C(F)(F)F. The van der Waals surface area contributed by atoms with Crippen molar-refractivity contribution in [1.29, 1.82) is 0 Å². The molecule has 0 fully saturated rings. The van der Waals surface area contributed by atoms with E-state index >= 15 is 0 Å². The van der Waals surface area contributed by atoms with Gasteiger partial charge in [-0.3, -0.25) is 9.59 Å². The van der Waals surface area contributed by atoms with Gasteiger partial charge >= 0.3 is 6.18 Å². The third-order valence-electron chi connectivity index (χ3n) is 2.02.